The molecule has 2 aliphatic rings. The van der Waals surface area contributed by atoms with Gasteiger partial charge in [-0.05, 0) is 24.7 Å². The number of rotatable bonds is 18. The topological polar surface area (TPSA) is 52.6 Å². The average Bonchev–Trinajstić information content (AvgIpc) is 3.59. The van der Waals surface area contributed by atoms with E-state index in [-0.39, 0.29) is 0 Å². The lowest BCUT2D eigenvalue weighted by atomic mass is 10.1. The van der Waals surface area contributed by atoms with Crippen LogP contribution in [0.15, 0.2) is 12.2 Å². The van der Waals surface area contributed by atoms with E-state index in [9.17, 15) is 9.59 Å². The fraction of sp³-hybridized carbons (Fsp3) is 0.833. The predicted molar refractivity (Wildman–Crippen MR) is 112 cm³/mol. The fourth-order valence-electron chi connectivity index (χ4n) is 3.52. The number of unbranched alkanes of at least 4 members (excludes halogenated alkanes) is 8. The van der Waals surface area contributed by atoms with Gasteiger partial charge >= 0.3 is 11.9 Å². The first kappa shape index (κ1) is 23.0. The lowest BCUT2D eigenvalue weighted by molar-refractivity contribution is -0.140. The highest BCUT2D eigenvalue weighted by Crippen LogP contribution is 2.34. The van der Waals surface area contributed by atoms with Crippen LogP contribution in [-0.4, -0.2) is 25.2 Å². The maximum Gasteiger partial charge on any atom is 0.331 e. The smallest absolute Gasteiger partial charge is 0.331 e. The fourth-order valence-corrected chi connectivity index (χ4v) is 3.52. The molecule has 2 rings (SSSR count). The summed E-state index contributed by atoms with van der Waals surface area (Å²) >= 11 is 0. The highest BCUT2D eigenvalue weighted by Gasteiger charge is 2.20. The number of hydrogen-bond donors (Lipinski definition) is 0. The molecular weight excluding hydrogens is 352 g/mol. The zero-order valence-electron chi connectivity index (χ0n) is 17.7. The van der Waals surface area contributed by atoms with E-state index in [2.05, 4.69) is 0 Å². The first-order chi connectivity index (χ1) is 13.7. The molecule has 0 heterocycles. The van der Waals surface area contributed by atoms with Crippen molar-refractivity contribution in [2.75, 3.05) is 13.2 Å². The molecule has 0 aromatic rings. The van der Waals surface area contributed by atoms with Crippen LogP contribution in [0.2, 0.25) is 0 Å². The van der Waals surface area contributed by atoms with Crippen LogP contribution in [0.5, 0.6) is 0 Å². The van der Waals surface area contributed by atoms with Crippen molar-refractivity contribution in [3.63, 3.8) is 0 Å². The van der Waals surface area contributed by atoms with Crippen LogP contribution in [0, 0.1) is 11.8 Å². The lowest BCUT2D eigenvalue weighted by Gasteiger charge is -2.03. The molecule has 4 nitrogen and oxygen atoms in total. The Kier molecular flexibility index (Phi) is 12.0. The van der Waals surface area contributed by atoms with Crippen molar-refractivity contribution in [2.45, 2.75) is 103 Å². The summed E-state index contributed by atoms with van der Waals surface area (Å²) in [4.78, 5) is 23.2. The third kappa shape index (κ3) is 13.8. The van der Waals surface area contributed by atoms with Crippen LogP contribution >= 0.6 is 0 Å². The molecule has 0 spiro atoms. The van der Waals surface area contributed by atoms with Crippen LogP contribution in [0.3, 0.4) is 0 Å². The number of ether oxygens (including phenoxy) is 2. The van der Waals surface area contributed by atoms with Gasteiger partial charge in [0, 0.05) is 12.2 Å². The summed E-state index contributed by atoms with van der Waals surface area (Å²) in [6.45, 7) is 0.864. The quantitative estimate of drug-likeness (QED) is 0.160. The van der Waals surface area contributed by atoms with Gasteiger partial charge in [0.15, 0.2) is 0 Å². The summed E-state index contributed by atoms with van der Waals surface area (Å²) in [5.41, 5.74) is 0. The van der Waals surface area contributed by atoms with Crippen molar-refractivity contribution in [3.8, 4) is 0 Å². The van der Waals surface area contributed by atoms with Gasteiger partial charge < -0.3 is 9.47 Å². The van der Waals surface area contributed by atoms with Gasteiger partial charge in [-0.2, -0.15) is 0 Å². The van der Waals surface area contributed by atoms with Crippen LogP contribution in [0.4, 0.5) is 0 Å². The van der Waals surface area contributed by atoms with E-state index >= 15 is 0 Å². The molecule has 0 radical (unpaired) electrons. The molecule has 0 aliphatic heterocycles. The number of carbonyl (C=O) groups is 2. The van der Waals surface area contributed by atoms with Gasteiger partial charge in [-0.25, -0.2) is 9.59 Å². The molecule has 0 saturated heterocycles. The number of esters is 2. The lowest BCUT2D eigenvalue weighted by Crippen LogP contribution is -2.06. The van der Waals surface area contributed by atoms with Crippen LogP contribution in [0.1, 0.15) is 103 Å². The molecular formula is C24H40O4. The molecule has 2 saturated carbocycles. The van der Waals surface area contributed by atoms with Gasteiger partial charge in [0.05, 0.1) is 13.2 Å². The summed E-state index contributed by atoms with van der Waals surface area (Å²) < 4.78 is 10.2. The summed E-state index contributed by atoms with van der Waals surface area (Å²) in [6, 6.07) is 0. The third-order valence-electron chi connectivity index (χ3n) is 5.75. The van der Waals surface area contributed by atoms with E-state index in [1.807, 2.05) is 0 Å². The second-order valence-corrected chi connectivity index (χ2v) is 8.67. The average molecular weight is 393 g/mol. The van der Waals surface area contributed by atoms with Crippen molar-refractivity contribution < 1.29 is 19.1 Å². The highest BCUT2D eigenvalue weighted by atomic mass is 16.5. The Balaban J connectivity index is 1.31. The van der Waals surface area contributed by atoms with E-state index in [0.29, 0.717) is 13.2 Å². The Hall–Kier alpha value is -1.32. The SMILES string of the molecule is O=C(/C=C/C(=O)OCCCCCCCC1CC1)OCCCCCCCC1CC1. The minimum absolute atomic E-state index is 0.432. The minimum Gasteiger partial charge on any atom is -0.463 e. The molecule has 0 aromatic heterocycles. The van der Waals surface area contributed by atoms with Gasteiger partial charge in [-0.15, -0.1) is 0 Å². The molecule has 4 heteroatoms. The molecule has 2 aliphatic carbocycles. The van der Waals surface area contributed by atoms with E-state index in [1.54, 1.807) is 0 Å². The Morgan fingerprint density at radius 3 is 1.32 bits per heavy atom. The van der Waals surface area contributed by atoms with Gasteiger partial charge in [0.2, 0.25) is 0 Å². The van der Waals surface area contributed by atoms with Crippen molar-refractivity contribution >= 4 is 11.9 Å². The summed E-state index contributed by atoms with van der Waals surface area (Å²) in [7, 11) is 0. The standard InChI is InChI=1S/C24H40O4/c25-23(27-19-9-5-1-3-7-11-21-13-14-21)17-18-24(26)28-20-10-6-2-4-8-12-22-15-16-22/h17-18,21-22H,1-16,19-20H2/b18-17+. The summed E-state index contributed by atoms with van der Waals surface area (Å²) in [6.07, 6.45) is 22.6. The van der Waals surface area contributed by atoms with E-state index in [0.717, 1.165) is 37.5 Å². The molecule has 0 N–H and O–H groups in total. The Bertz CT molecular complexity index is 421. The zero-order chi connectivity index (χ0) is 19.9. The molecule has 0 amide bonds. The monoisotopic (exact) mass is 392 g/mol. The van der Waals surface area contributed by atoms with Gasteiger partial charge in [-0.1, -0.05) is 89.9 Å². The van der Waals surface area contributed by atoms with Crippen molar-refractivity contribution in [3.05, 3.63) is 12.2 Å². The van der Waals surface area contributed by atoms with Gasteiger partial charge in [0.1, 0.15) is 0 Å². The van der Waals surface area contributed by atoms with Gasteiger partial charge in [-0.3, -0.25) is 0 Å². The Morgan fingerprint density at radius 2 is 0.929 bits per heavy atom. The number of carbonyl (C=O) groups excluding carboxylic acids is 2. The third-order valence-corrected chi connectivity index (χ3v) is 5.75. The zero-order valence-corrected chi connectivity index (χ0v) is 17.7. The van der Waals surface area contributed by atoms with E-state index in [4.69, 9.17) is 9.47 Å². The van der Waals surface area contributed by atoms with Gasteiger partial charge in [0.25, 0.3) is 0 Å². The van der Waals surface area contributed by atoms with Crippen LogP contribution < -0.4 is 0 Å². The Labute approximate surface area is 171 Å². The summed E-state index contributed by atoms with van der Waals surface area (Å²) in [5.74, 6) is 1.14. The summed E-state index contributed by atoms with van der Waals surface area (Å²) in [5, 5.41) is 0. The second-order valence-electron chi connectivity index (χ2n) is 8.67. The maximum atomic E-state index is 11.6. The first-order valence-electron chi connectivity index (χ1n) is 11.8. The van der Waals surface area contributed by atoms with E-state index < -0.39 is 11.9 Å². The highest BCUT2D eigenvalue weighted by molar-refractivity contribution is 5.91. The maximum absolute atomic E-state index is 11.6. The van der Waals surface area contributed by atoms with Crippen LogP contribution in [-0.2, 0) is 19.1 Å². The normalized spacial score (nSPS) is 16.4. The first-order valence-corrected chi connectivity index (χ1v) is 11.8. The number of hydrogen-bond acceptors (Lipinski definition) is 4. The van der Waals surface area contributed by atoms with E-state index in [1.165, 1.54) is 89.2 Å². The molecule has 0 unspecified atom stereocenters. The molecule has 28 heavy (non-hydrogen) atoms. The molecule has 0 aromatic carbocycles. The molecule has 160 valence electrons. The van der Waals surface area contributed by atoms with Crippen molar-refractivity contribution in [2.24, 2.45) is 11.8 Å². The molecule has 0 bridgehead atoms. The minimum atomic E-state index is -0.457. The van der Waals surface area contributed by atoms with Crippen molar-refractivity contribution in [1.29, 1.82) is 0 Å². The second kappa shape index (κ2) is 14.6. The largest absolute Gasteiger partial charge is 0.463 e. The Morgan fingerprint density at radius 1 is 0.571 bits per heavy atom. The molecule has 0 atom stereocenters. The predicted octanol–water partition coefficient (Wildman–Crippen LogP) is 6.13. The van der Waals surface area contributed by atoms with Crippen molar-refractivity contribution in [1.82, 2.24) is 0 Å². The molecule has 2 fully saturated rings. The van der Waals surface area contributed by atoms with Crippen LogP contribution in [0.25, 0.3) is 0 Å².